The van der Waals surface area contributed by atoms with Gasteiger partial charge < -0.3 is 9.42 Å². The maximum Gasteiger partial charge on any atom is 0.276 e. The van der Waals surface area contributed by atoms with Crippen molar-refractivity contribution in [1.82, 2.24) is 20.0 Å². The van der Waals surface area contributed by atoms with Crippen LogP contribution in [0.1, 0.15) is 30.1 Å². The molecule has 1 aliphatic heterocycles. The lowest BCUT2D eigenvalue weighted by atomic mass is 9.96. The van der Waals surface area contributed by atoms with Gasteiger partial charge in [0, 0.05) is 30.2 Å². The number of halogens is 1. The second-order valence-corrected chi connectivity index (χ2v) is 7.03. The van der Waals surface area contributed by atoms with E-state index in [0.717, 1.165) is 24.9 Å². The van der Waals surface area contributed by atoms with Crippen molar-refractivity contribution < 1.29 is 9.32 Å². The minimum atomic E-state index is 0.0650. The van der Waals surface area contributed by atoms with Gasteiger partial charge in [-0.1, -0.05) is 41.0 Å². The molecule has 3 heterocycles. The van der Waals surface area contributed by atoms with Crippen LogP contribution in [0.25, 0.3) is 11.6 Å². The Labute approximate surface area is 162 Å². The zero-order chi connectivity index (χ0) is 18.6. The van der Waals surface area contributed by atoms with Crippen molar-refractivity contribution >= 4 is 17.5 Å². The quantitative estimate of drug-likeness (QED) is 0.687. The van der Waals surface area contributed by atoms with Crippen molar-refractivity contribution in [3.8, 4) is 11.6 Å². The zero-order valence-electron chi connectivity index (χ0n) is 14.7. The number of nitrogens with zero attached hydrogens (tertiary/aromatic N) is 4. The average Bonchev–Trinajstić information content (AvgIpc) is 3.21. The number of carbonyl (C=O) groups is 1. The molecule has 27 heavy (non-hydrogen) atoms. The summed E-state index contributed by atoms with van der Waals surface area (Å²) < 4.78 is 5.37. The maximum absolute atomic E-state index is 12.7. The standard InChI is InChI=1S/C20H19ClN4O2/c21-16-8-2-1-6-14(16)12-18(26)25-11-5-7-15(13-25)19-23-20(27-24-19)17-9-3-4-10-22-17/h1-4,6,8-10,15H,5,7,11-13H2/t15-/m1/s1. The molecule has 4 rings (SSSR count). The highest BCUT2D eigenvalue weighted by Gasteiger charge is 2.28. The summed E-state index contributed by atoms with van der Waals surface area (Å²) in [5.41, 5.74) is 1.50. The molecule has 2 aromatic heterocycles. The van der Waals surface area contributed by atoms with Crippen LogP contribution in [0.2, 0.25) is 5.02 Å². The lowest BCUT2D eigenvalue weighted by Crippen LogP contribution is -2.40. The Balaban J connectivity index is 1.45. The number of benzene rings is 1. The minimum absolute atomic E-state index is 0.0650. The van der Waals surface area contributed by atoms with Gasteiger partial charge in [0.05, 0.1) is 6.42 Å². The van der Waals surface area contributed by atoms with Gasteiger partial charge in [-0.2, -0.15) is 4.98 Å². The van der Waals surface area contributed by atoms with Crippen LogP contribution in [0.5, 0.6) is 0 Å². The van der Waals surface area contributed by atoms with E-state index in [1.54, 1.807) is 6.20 Å². The fourth-order valence-corrected chi connectivity index (χ4v) is 3.53. The smallest absolute Gasteiger partial charge is 0.276 e. The first-order chi connectivity index (χ1) is 13.2. The van der Waals surface area contributed by atoms with Crippen molar-refractivity contribution in [2.45, 2.75) is 25.2 Å². The Morgan fingerprint density at radius 3 is 2.89 bits per heavy atom. The van der Waals surface area contributed by atoms with Crippen LogP contribution in [0.3, 0.4) is 0 Å². The van der Waals surface area contributed by atoms with Gasteiger partial charge in [0.2, 0.25) is 5.91 Å². The van der Waals surface area contributed by atoms with Crippen LogP contribution in [0, 0.1) is 0 Å². The summed E-state index contributed by atoms with van der Waals surface area (Å²) in [6, 6.07) is 13.0. The summed E-state index contributed by atoms with van der Waals surface area (Å²) in [5.74, 6) is 1.17. The maximum atomic E-state index is 12.7. The second-order valence-electron chi connectivity index (χ2n) is 6.62. The molecule has 6 nitrogen and oxygen atoms in total. The number of carbonyl (C=O) groups excluding carboxylic acids is 1. The first kappa shape index (κ1) is 17.7. The van der Waals surface area contributed by atoms with E-state index >= 15 is 0 Å². The summed E-state index contributed by atoms with van der Waals surface area (Å²) in [5, 5.41) is 4.75. The first-order valence-corrected chi connectivity index (χ1v) is 9.34. The molecule has 0 bridgehead atoms. The molecule has 1 fully saturated rings. The Kier molecular flexibility index (Phi) is 5.16. The van der Waals surface area contributed by atoms with E-state index in [1.807, 2.05) is 47.4 Å². The van der Waals surface area contributed by atoms with Crippen molar-refractivity contribution in [2.75, 3.05) is 13.1 Å². The number of likely N-dealkylation sites (tertiary alicyclic amines) is 1. The van der Waals surface area contributed by atoms with E-state index in [9.17, 15) is 4.79 Å². The molecule has 3 aromatic rings. The van der Waals surface area contributed by atoms with Crippen LogP contribution >= 0.6 is 11.6 Å². The van der Waals surface area contributed by atoms with Crippen molar-refractivity contribution in [3.05, 3.63) is 65.1 Å². The summed E-state index contributed by atoms with van der Waals surface area (Å²) in [6.07, 6.45) is 3.83. The molecule has 0 saturated carbocycles. The summed E-state index contributed by atoms with van der Waals surface area (Å²) in [7, 11) is 0. The zero-order valence-corrected chi connectivity index (χ0v) is 15.5. The fraction of sp³-hybridized carbons (Fsp3) is 0.300. The lowest BCUT2D eigenvalue weighted by molar-refractivity contribution is -0.131. The number of piperidine rings is 1. The van der Waals surface area contributed by atoms with E-state index in [2.05, 4.69) is 15.1 Å². The third kappa shape index (κ3) is 4.01. The fourth-order valence-electron chi connectivity index (χ4n) is 3.32. The van der Waals surface area contributed by atoms with Gasteiger partial charge >= 0.3 is 0 Å². The summed E-state index contributed by atoms with van der Waals surface area (Å²) in [6.45, 7) is 1.33. The number of pyridine rings is 1. The van der Waals surface area contributed by atoms with Crippen molar-refractivity contribution in [1.29, 1.82) is 0 Å². The average molecular weight is 383 g/mol. The molecule has 1 atom stereocenters. The predicted molar refractivity (Wildman–Crippen MR) is 101 cm³/mol. The van der Waals surface area contributed by atoms with Crippen LogP contribution in [0.15, 0.2) is 53.2 Å². The van der Waals surface area contributed by atoms with Crippen LogP contribution in [-0.2, 0) is 11.2 Å². The monoisotopic (exact) mass is 382 g/mol. The molecule has 0 N–H and O–H groups in total. The van der Waals surface area contributed by atoms with Gasteiger partial charge in [-0.3, -0.25) is 9.78 Å². The van der Waals surface area contributed by atoms with Gasteiger partial charge in [-0.15, -0.1) is 0 Å². The molecular formula is C20H19ClN4O2. The molecule has 1 aliphatic rings. The van der Waals surface area contributed by atoms with E-state index in [-0.39, 0.29) is 11.8 Å². The predicted octanol–water partition coefficient (Wildman–Crippen LogP) is 3.73. The van der Waals surface area contributed by atoms with Crippen molar-refractivity contribution in [3.63, 3.8) is 0 Å². The Morgan fingerprint density at radius 2 is 2.07 bits per heavy atom. The lowest BCUT2D eigenvalue weighted by Gasteiger charge is -2.31. The highest BCUT2D eigenvalue weighted by atomic mass is 35.5. The van der Waals surface area contributed by atoms with Gasteiger partial charge in [-0.25, -0.2) is 0 Å². The minimum Gasteiger partial charge on any atom is -0.342 e. The number of hydrogen-bond donors (Lipinski definition) is 0. The van der Waals surface area contributed by atoms with Crippen LogP contribution < -0.4 is 0 Å². The molecule has 7 heteroatoms. The molecule has 1 saturated heterocycles. The second kappa shape index (κ2) is 7.88. The third-order valence-corrected chi connectivity index (χ3v) is 5.13. The highest BCUT2D eigenvalue weighted by Crippen LogP contribution is 2.27. The molecule has 0 radical (unpaired) electrons. The van der Waals surface area contributed by atoms with Crippen LogP contribution in [-0.4, -0.2) is 39.0 Å². The Bertz CT molecular complexity index is 928. The Morgan fingerprint density at radius 1 is 1.22 bits per heavy atom. The van der Waals surface area contributed by atoms with Gasteiger partial charge in [0.15, 0.2) is 5.82 Å². The molecule has 138 valence electrons. The molecule has 0 aliphatic carbocycles. The first-order valence-electron chi connectivity index (χ1n) is 8.97. The molecule has 0 spiro atoms. The molecular weight excluding hydrogens is 364 g/mol. The summed E-state index contributed by atoms with van der Waals surface area (Å²) >= 11 is 6.18. The van der Waals surface area contributed by atoms with E-state index in [0.29, 0.717) is 35.4 Å². The number of rotatable bonds is 4. The van der Waals surface area contributed by atoms with Gasteiger partial charge in [-0.05, 0) is 36.6 Å². The largest absolute Gasteiger partial charge is 0.342 e. The molecule has 0 unspecified atom stereocenters. The summed E-state index contributed by atoms with van der Waals surface area (Å²) in [4.78, 5) is 23.3. The van der Waals surface area contributed by atoms with Crippen molar-refractivity contribution in [2.24, 2.45) is 0 Å². The van der Waals surface area contributed by atoms with Crippen LogP contribution in [0.4, 0.5) is 0 Å². The third-order valence-electron chi connectivity index (χ3n) is 4.76. The Hall–Kier alpha value is -2.73. The van der Waals surface area contributed by atoms with Gasteiger partial charge in [0.25, 0.3) is 5.89 Å². The molecule has 1 amide bonds. The van der Waals surface area contributed by atoms with E-state index < -0.39 is 0 Å². The van der Waals surface area contributed by atoms with Gasteiger partial charge in [0.1, 0.15) is 5.69 Å². The van der Waals surface area contributed by atoms with E-state index in [1.165, 1.54) is 0 Å². The SMILES string of the molecule is O=C(Cc1ccccc1Cl)N1CCC[C@@H](c2noc(-c3ccccn3)n2)C1. The highest BCUT2D eigenvalue weighted by molar-refractivity contribution is 6.31. The molecule has 1 aromatic carbocycles. The van der Waals surface area contributed by atoms with E-state index in [4.69, 9.17) is 16.1 Å². The topological polar surface area (TPSA) is 72.1 Å². The number of aromatic nitrogens is 3. The normalized spacial score (nSPS) is 17.1. The number of amides is 1. The number of hydrogen-bond acceptors (Lipinski definition) is 5.